The van der Waals surface area contributed by atoms with Crippen LogP contribution in [0.2, 0.25) is 0 Å². The van der Waals surface area contributed by atoms with Crippen molar-refractivity contribution in [3.63, 3.8) is 0 Å². The zero-order valence-electron chi connectivity index (χ0n) is 23.0. The lowest BCUT2D eigenvalue weighted by molar-refractivity contribution is -0.136. The number of hydrazine groups is 1. The van der Waals surface area contributed by atoms with Gasteiger partial charge >= 0.3 is 0 Å². The minimum Gasteiger partial charge on any atom is -0.274 e. The van der Waals surface area contributed by atoms with Gasteiger partial charge in [-0.15, -0.1) is 0 Å². The molecule has 0 bridgehead atoms. The van der Waals surface area contributed by atoms with E-state index in [9.17, 15) is 28.0 Å². The number of anilines is 2. The van der Waals surface area contributed by atoms with Gasteiger partial charge in [0, 0.05) is 0 Å². The van der Waals surface area contributed by atoms with Gasteiger partial charge in [-0.3, -0.25) is 19.2 Å². The predicted molar refractivity (Wildman–Crippen MR) is 154 cm³/mol. The Morgan fingerprint density at radius 3 is 1.09 bits per heavy atom. The molecule has 4 aromatic carbocycles. The van der Waals surface area contributed by atoms with Gasteiger partial charge in [0.15, 0.2) is 0 Å². The first-order valence-electron chi connectivity index (χ1n) is 14.3. The Labute approximate surface area is 250 Å². The number of carbonyl (C=O) groups excluding carboxylic acids is 4. The van der Waals surface area contributed by atoms with Crippen molar-refractivity contribution in [3.05, 3.63) is 132 Å². The smallest absolute Gasteiger partial charge is 0.253 e. The third kappa shape index (κ3) is 3.61. The second-order valence-corrected chi connectivity index (χ2v) is 11.4. The highest BCUT2D eigenvalue weighted by atomic mass is 19.1. The summed E-state index contributed by atoms with van der Waals surface area (Å²) in [7, 11) is 0. The van der Waals surface area contributed by atoms with E-state index in [1.54, 1.807) is 94.9 Å². The number of imide groups is 2. The van der Waals surface area contributed by atoms with Gasteiger partial charge in [0.2, 0.25) is 11.8 Å². The van der Waals surface area contributed by atoms with Crippen LogP contribution in [-0.2, 0) is 19.2 Å². The van der Waals surface area contributed by atoms with Gasteiger partial charge in [-0.25, -0.2) is 28.6 Å². The summed E-state index contributed by atoms with van der Waals surface area (Å²) in [5.74, 6) is -4.80. The van der Waals surface area contributed by atoms with E-state index in [0.717, 1.165) is 9.80 Å². The molecule has 44 heavy (non-hydrogen) atoms. The monoisotopic (exact) mass is 590 g/mol. The van der Waals surface area contributed by atoms with E-state index in [0.29, 0.717) is 22.5 Å². The van der Waals surface area contributed by atoms with E-state index in [2.05, 4.69) is 0 Å². The van der Waals surface area contributed by atoms with E-state index < -0.39 is 71.3 Å². The van der Waals surface area contributed by atoms with Crippen molar-refractivity contribution in [3.8, 4) is 0 Å². The molecule has 4 saturated heterocycles. The van der Waals surface area contributed by atoms with Crippen LogP contribution < -0.4 is 9.80 Å². The molecule has 6 unspecified atom stereocenters. The summed E-state index contributed by atoms with van der Waals surface area (Å²) in [6.45, 7) is 0. The van der Waals surface area contributed by atoms with Crippen molar-refractivity contribution in [1.29, 1.82) is 0 Å². The van der Waals surface area contributed by atoms with Crippen molar-refractivity contribution in [2.24, 2.45) is 11.8 Å². The maximum absolute atomic E-state index is 14.3. The van der Waals surface area contributed by atoms with Crippen LogP contribution in [0.4, 0.5) is 20.2 Å². The standard InChI is InChI=1S/C34H24F2N4O4/c35-21-15-11-19(12-16-21)27-25-29(33(43)37(31(25)41)23-7-3-1-4-8-23)39-28(20-13-17-22(36)18-14-20)26-30(40(27)39)34(44)38(32(26)42)24-9-5-2-6-10-24/h1-18,25-30H. The van der Waals surface area contributed by atoms with Crippen LogP contribution in [0, 0.1) is 23.5 Å². The molecule has 0 aliphatic carbocycles. The molecule has 218 valence electrons. The number of hydrogen-bond acceptors (Lipinski definition) is 6. The largest absolute Gasteiger partial charge is 0.274 e. The van der Waals surface area contributed by atoms with Crippen molar-refractivity contribution in [1.82, 2.24) is 10.0 Å². The summed E-state index contributed by atoms with van der Waals surface area (Å²) in [4.78, 5) is 59.4. The van der Waals surface area contributed by atoms with E-state index in [1.165, 1.54) is 24.3 Å². The van der Waals surface area contributed by atoms with Gasteiger partial charge in [-0.05, 0) is 59.7 Å². The number of rotatable bonds is 4. The molecule has 6 atom stereocenters. The average molecular weight is 591 g/mol. The first-order chi connectivity index (χ1) is 21.4. The molecule has 4 fully saturated rings. The molecule has 10 heteroatoms. The molecule has 4 aromatic rings. The first-order valence-corrected chi connectivity index (χ1v) is 14.3. The Morgan fingerprint density at radius 2 is 0.750 bits per heavy atom. The molecule has 0 aromatic heterocycles. The molecule has 4 aliphatic rings. The van der Waals surface area contributed by atoms with E-state index in [4.69, 9.17) is 0 Å². The average Bonchev–Trinajstić information content (AvgIpc) is 3.70. The quantitative estimate of drug-likeness (QED) is 0.328. The fourth-order valence-electron chi connectivity index (χ4n) is 7.48. The van der Waals surface area contributed by atoms with Gasteiger partial charge in [-0.2, -0.15) is 0 Å². The normalized spacial score (nSPS) is 28.1. The number of hydrogen-bond donors (Lipinski definition) is 0. The lowest BCUT2D eigenvalue weighted by atomic mass is 9.84. The summed E-state index contributed by atoms with van der Waals surface area (Å²) in [6.07, 6.45) is 0. The molecule has 0 N–H and O–H groups in total. The molecule has 8 rings (SSSR count). The number of para-hydroxylation sites is 2. The highest BCUT2D eigenvalue weighted by Gasteiger charge is 2.73. The van der Waals surface area contributed by atoms with Crippen LogP contribution in [-0.4, -0.2) is 45.7 Å². The van der Waals surface area contributed by atoms with Crippen molar-refractivity contribution < 1.29 is 28.0 Å². The molecule has 0 spiro atoms. The molecule has 4 heterocycles. The Bertz CT molecular complexity index is 1690. The van der Waals surface area contributed by atoms with Crippen molar-refractivity contribution >= 4 is 35.0 Å². The molecule has 4 aliphatic heterocycles. The predicted octanol–water partition coefficient (Wildman–Crippen LogP) is 4.41. The number of halogens is 2. The van der Waals surface area contributed by atoms with E-state index in [-0.39, 0.29) is 0 Å². The Kier molecular flexibility index (Phi) is 5.87. The Morgan fingerprint density at radius 1 is 0.409 bits per heavy atom. The SMILES string of the molecule is O=C1C2C(C(=O)N1c1ccccc1)N1C(c3ccc(F)cc3)C3C(=O)N(c4ccccc4)C(=O)C3N1C2c1ccc(F)cc1. The second kappa shape index (κ2) is 9.73. The van der Waals surface area contributed by atoms with Crippen LogP contribution in [0.25, 0.3) is 0 Å². The third-order valence-electron chi connectivity index (χ3n) is 9.18. The van der Waals surface area contributed by atoms with Crippen LogP contribution >= 0.6 is 0 Å². The molecule has 4 amide bonds. The second-order valence-electron chi connectivity index (χ2n) is 11.4. The highest BCUT2D eigenvalue weighted by molar-refractivity contribution is 6.26. The molecular weight excluding hydrogens is 566 g/mol. The fraction of sp³-hybridized carbons (Fsp3) is 0.176. The van der Waals surface area contributed by atoms with Gasteiger partial charge in [-0.1, -0.05) is 60.7 Å². The van der Waals surface area contributed by atoms with Crippen LogP contribution in [0.5, 0.6) is 0 Å². The van der Waals surface area contributed by atoms with E-state index >= 15 is 0 Å². The van der Waals surface area contributed by atoms with Crippen molar-refractivity contribution in [2.75, 3.05) is 9.80 Å². The number of benzene rings is 4. The summed E-state index contributed by atoms with van der Waals surface area (Å²) >= 11 is 0. The van der Waals surface area contributed by atoms with Crippen molar-refractivity contribution in [2.45, 2.75) is 24.2 Å². The maximum Gasteiger partial charge on any atom is 0.253 e. The molecule has 8 nitrogen and oxygen atoms in total. The topological polar surface area (TPSA) is 81.2 Å². The zero-order valence-corrected chi connectivity index (χ0v) is 23.0. The number of carbonyl (C=O) groups is 4. The van der Waals surface area contributed by atoms with Crippen LogP contribution in [0.15, 0.2) is 109 Å². The molecule has 0 radical (unpaired) electrons. The summed E-state index contributed by atoms with van der Waals surface area (Å²) in [5, 5.41) is 3.39. The van der Waals surface area contributed by atoms with Crippen LogP contribution in [0.1, 0.15) is 23.2 Å². The summed E-state index contributed by atoms with van der Waals surface area (Å²) in [6, 6.07) is 24.5. The minimum atomic E-state index is -1.07. The maximum atomic E-state index is 14.3. The first kappa shape index (κ1) is 26.6. The van der Waals surface area contributed by atoms with Gasteiger partial charge in [0.25, 0.3) is 11.8 Å². The Balaban J connectivity index is 1.34. The van der Waals surface area contributed by atoms with E-state index in [1.807, 2.05) is 0 Å². The third-order valence-corrected chi connectivity index (χ3v) is 9.18. The summed E-state index contributed by atoms with van der Waals surface area (Å²) in [5.41, 5.74) is 1.86. The number of fused-ring (bicyclic) bond motifs is 5. The lowest BCUT2D eigenvalue weighted by Gasteiger charge is -2.35. The van der Waals surface area contributed by atoms with Gasteiger partial charge in [0.05, 0.1) is 35.3 Å². The summed E-state index contributed by atoms with van der Waals surface area (Å²) < 4.78 is 28.3. The number of amides is 4. The minimum absolute atomic E-state index is 0.404. The van der Waals surface area contributed by atoms with Gasteiger partial charge < -0.3 is 0 Å². The molecule has 0 saturated carbocycles. The number of nitrogens with zero attached hydrogens (tertiary/aromatic N) is 4. The zero-order chi connectivity index (χ0) is 30.3. The lowest BCUT2D eigenvalue weighted by Crippen LogP contribution is -2.50. The fourth-order valence-corrected chi connectivity index (χ4v) is 7.48. The molecular formula is C34H24F2N4O4. The van der Waals surface area contributed by atoms with Gasteiger partial charge in [0.1, 0.15) is 23.7 Å². The highest BCUT2D eigenvalue weighted by Crippen LogP contribution is 2.59. The van der Waals surface area contributed by atoms with Crippen LogP contribution in [0.3, 0.4) is 0 Å². The Hall–Kier alpha value is -5.06.